The fourth-order valence-electron chi connectivity index (χ4n) is 6.67. The van der Waals surface area contributed by atoms with E-state index in [9.17, 15) is 28.8 Å². The number of hydrogen-bond donors (Lipinski definition) is 4. The summed E-state index contributed by atoms with van der Waals surface area (Å²) >= 11 is 31.3. The van der Waals surface area contributed by atoms with Crippen LogP contribution in [0.1, 0.15) is 63.6 Å². The van der Waals surface area contributed by atoms with Gasteiger partial charge >= 0.3 is 0 Å². The van der Waals surface area contributed by atoms with Crippen molar-refractivity contribution in [3.63, 3.8) is 0 Å². The average molecular weight is 1040 g/mol. The number of alkyl halides is 3. The summed E-state index contributed by atoms with van der Waals surface area (Å²) in [4.78, 5) is 79.2. The van der Waals surface area contributed by atoms with Gasteiger partial charge in [0.25, 0.3) is 23.6 Å². The highest BCUT2D eigenvalue weighted by Gasteiger charge is 2.27. The molecule has 0 saturated carbocycles. The van der Waals surface area contributed by atoms with Gasteiger partial charge in [-0.25, -0.2) is 0 Å². The van der Waals surface area contributed by atoms with Crippen LogP contribution >= 0.6 is 58.0 Å². The van der Waals surface area contributed by atoms with Crippen molar-refractivity contribution >= 4 is 127 Å². The summed E-state index contributed by atoms with van der Waals surface area (Å²) in [7, 11) is 3.03. The quantitative estimate of drug-likeness (QED) is 0.0314. The van der Waals surface area contributed by atoms with Gasteiger partial charge < -0.3 is 30.7 Å². The molecule has 0 spiro atoms. The van der Waals surface area contributed by atoms with Gasteiger partial charge in [-0.2, -0.15) is 20.5 Å². The molecule has 3 unspecified atom stereocenters. The van der Waals surface area contributed by atoms with Gasteiger partial charge in [-0.15, -0.1) is 34.8 Å². The van der Waals surface area contributed by atoms with Gasteiger partial charge in [0.1, 0.15) is 22.9 Å². The van der Waals surface area contributed by atoms with Crippen LogP contribution in [0, 0.1) is 0 Å². The Bertz CT molecular complexity index is 2820. The van der Waals surface area contributed by atoms with Gasteiger partial charge in [0.05, 0.1) is 29.6 Å². The molecule has 69 heavy (non-hydrogen) atoms. The Balaban J connectivity index is 1.29. The van der Waals surface area contributed by atoms with Crippen molar-refractivity contribution in [1.29, 1.82) is 0 Å². The van der Waals surface area contributed by atoms with E-state index in [0.717, 1.165) is 13.8 Å². The number of nitrogens with zero attached hydrogens (tertiary/aromatic N) is 4. The largest absolute Gasteiger partial charge is 0.496 e. The molecule has 4 N–H and O–H groups in total. The second-order valence-corrected chi connectivity index (χ2v) is 17.2. The van der Waals surface area contributed by atoms with Crippen molar-refractivity contribution in [2.75, 3.05) is 47.2 Å². The molecule has 3 atom stereocenters. The van der Waals surface area contributed by atoms with Crippen molar-refractivity contribution < 1.29 is 38.2 Å². The molecule has 5 aromatic rings. The summed E-state index contributed by atoms with van der Waals surface area (Å²) < 4.78 is 10.8. The smallest absolute Gasteiger partial charge is 0.258 e. The molecular formula is C48H45Cl5N8O8. The summed E-state index contributed by atoms with van der Waals surface area (Å²) in [5, 5.41) is 26.5. The highest BCUT2D eigenvalue weighted by Crippen LogP contribution is 2.34. The van der Waals surface area contributed by atoms with Crippen molar-refractivity contribution in [2.24, 2.45) is 20.5 Å². The van der Waals surface area contributed by atoms with Gasteiger partial charge in [0.2, 0.25) is 12.1 Å². The van der Waals surface area contributed by atoms with Crippen LogP contribution in [-0.4, -0.2) is 73.3 Å². The number of ketones is 2. The average Bonchev–Trinajstić information content (AvgIpc) is 3.31. The van der Waals surface area contributed by atoms with Crippen LogP contribution in [0.25, 0.3) is 0 Å². The van der Waals surface area contributed by atoms with Crippen molar-refractivity contribution in [2.45, 2.75) is 51.1 Å². The molecule has 5 rings (SSSR count). The number of hydrogen-bond acceptors (Lipinski definition) is 12. The Morgan fingerprint density at radius 2 is 1.03 bits per heavy atom. The van der Waals surface area contributed by atoms with Crippen molar-refractivity contribution in [1.82, 2.24) is 0 Å². The summed E-state index contributed by atoms with van der Waals surface area (Å²) in [5.74, 6) is -2.37. The first-order valence-corrected chi connectivity index (χ1v) is 23.1. The lowest BCUT2D eigenvalue weighted by molar-refractivity contribution is -0.127. The Hall–Kier alpha value is -6.43. The number of nitrogens with one attached hydrogen (secondary N) is 4. The molecule has 0 aliphatic carbocycles. The van der Waals surface area contributed by atoms with Crippen LogP contribution < -0.4 is 30.7 Å². The predicted molar refractivity (Wildman–Crippen MR) is 270 cm³/mol. The minimum absolute atomic E-state index is 0.00949. The Morgan fingerprint density at radius 1 is 0.580 bits per heavy atom. The molecule has 5 aromatic carbocycles. The summed E-state index contributed by atoms with van der Waals surface area (Å²) in [6.07, 6.45) is 0.863. The molecule has 0 saturated heterocycles. The van der Waals surface area contributed by atoms with E-state index in [1.54, 1.807) is 43.3 Å². The summed E-state index contributed by atoms with van der Waals surface area (Å²) in [6, 6.07) is 19.9. The molecule has 0 aromatic heterocycles. The monoisotopic (exact) mass is 1040 g/mol. The molecule has 0 heterocycles. The topological polar surface area (TPSA) is 218 Å². The van der Waals surface area contributed by atoms with Crippen LogP contribution in [-0.2, 0) is 32.0 Å². The molecule has 0 aliphatic heterocycles. The lowest BCUT2D eigenvalue weighted by atomic mass is 10.1. The number of methoxy groups -OCH3 is 2. The minimum Gasteiger partial charge on any atom is -0.496 e. The normalized spacial score (nSPS) is 12.5. The highest BCUT2D eigenvalue weighted by molar-refractivity contribution is 6.33. The van der Waals surface area contributed by atoms with Crippen molar-refractivity contribution in [3.8, 4) is 11.5 Å². The molecule has 0 radical (unpaired) electrons. The fourth-order valence-corrected chi connectivity index (χ4v) is 7.54. The first-order valence-electron chi connectivity index (χ1n) is 20.9. The molecule has 16 nitrogen and oxygen atoms in total. The maximum Gasteiger partial charge on any atom is 0.258 e. The lowest BCUT2D eigenvalue weighted by Crippen LogP contribution is -2.32. The predicted octanol–water partition coefficient (Wildman–Crippen LogP) is 11.7. The molecule has 21 heteroatoms. The molecule has 0 aliphatic rings. The number of ether oxygens (including phenoxy) is 2. The van der Waals surface area contributed by atoms with E-state index < -0.39 is 52.7 Å². The Labute approximate surface area is 422 Å². The van der Waals surface area contributed by atoms with Gasteiger partial charge in [0, 0.05) is 56.8 Å². The first-order chi connectivity index (χ1) is 33.0. The van der Waals surface area contributed by atoms with Crippen molar-refractivity contribution in [3.05, 3.63) is 129 Å². The zero-order chi connectivity index (χ0) is 50.4. The van der Waals surface area contributed by atoms with E-state index in [0.29, 0.717) is 52.4 Å². The summed E-state index contributed by atoms with van der Waals surface area (Å²) in [5.41, 5.74) is 3.40. The van der Waals surface area contributed by atoms with Gasteiger partial charge in [-0.05, 0) is 118 Å². The number of amides is 4. The van der Waals surface area contributed by atoms with E-state index in [1.165, 1.54) is 68.8 Å². The molecule has 360 valence electrons. The zero-order valence-corrected chi connectivity index (χ0v) is 41.4. The van der Waals surface area contributed by atoms with E-state index in [4.69, 9.17) is 67.5 Å². The van der Waals surface area contributed by atoms with Crippen LogP contribution in [0.15, 0.2) is 111 Å². The lowest BCUT2D eigenvalue weighted by Gasteiger charge is -2.17. The number of Topliss-reactive ketones (excluding diaryl/α,β-unsaturated/α-hetero) is 2. The van der Waals surface area contributed by atoms with Gasteiger partial charge in [0.15, 0.2) is 11.6 Å². The van der Waals surface area contributed by atoms with Crippen LogP contribution in [0.3, 0.4) is 0 Å². The second-order valence-electron chi connectivity index (χ2n) is 14.9. The molecule has 4 amide bonds. The van der Waals surface area contributed by atoms with Crippen LogP contribution in [0.5, 0.6) is 11.5 Å². The Kier molecular flexibility index (Phi) is 19.6. The van der Waals surface area contributed by atoms with Crippen LogP contribution in [0.4, 0.5) is 34.1 Å². The summed E-state index contributed by atoms with van der Waals surface area (Å²) in [6.45, 7) is 3.91. The highest BCUT2D eigenvalue weighted by atomic mass is 35.5. The van der Waals surface area contributed by atoms with Gasteiger partial charge in [-0.3, -0.25) is 28.8 Å². The second kappa shape index (κ2) is 25.3. The number of benzene rings is 5. The zero-order valence-electron chi connectivity index (χ0n) is 37.7. The van der Waals surface area contributed by atoms with E-state index in [2.05, 4.69) is 41.7 Å². The third-order valence-corrected chi connectivity index (χ3v) is 11.4. The number of azo groups is 2. The Morgan fingerprint density at radius 3 is 1.43 bits per heavy atom. The molecule has 0 bridgehead atoms. The number of carbonyl (C=O) groups excluding carboxylic acids is 6. The van der Waals surface area contributed by atoms with Gasteiger partial charge in [-0.1, -0.05) is 35.3 Å². The molecule has 0 fully saturated rings. The van der Waals surface area contributed by atoms with E-state index >= 15 is 0 Å². The third-order valence-electron chi connectivity index (χ3n) is 10.1. The number of halogens is 5. The fraction of sp³-hybridized carbons (Fsp3) is 0.250. The molecular weight excluding hydrogens is 994 g/mol. The first kappa shape index (κ1) is 53.5. The standard InChI is InChI=1S/C48H45Cl5N8O8/c1-25(51)33-24-30(54-47(66)43(26(2)62)60-58-39-22-28(12-15-34(39)52)45(64)55-36-8-6-10-41(68-4)31(36)18-20-49)14-17-38(33)57-48(67)44(27(3)63)61-59-40-23-29(13-16-35(40)53)46(65)56-37-9-7-11-42(69-5)32(37)19-21-50/h6-17,22-25,43-44H,18-21H2,1-5H3,(H,54,66)(H,55,64)(H,56,65)(H,57,67). The third kappa shape index (κ3) is 14.1. The maximum absolute atomic E-state index is 13.6. The van der Waals surface area contributed by atoms with E-state index in [-0.39, 0.29) is 55.7 Å². The SMILES string of the molecule is COc1cccc(NC(=O)c2ccc(Cl)c(N=NC(C(C)=O)C(=O)Nc3ccc(NC(=O)C(N=Nc4cc(C(=O)Nc5cccc(OC)c5CCCl)ccc4Cl)C(C)=O)c(C(C)Cl)c3)c2)c1CCCl. The number of anilines is 4. The van der Waals surface area contributed by atoms with E-state index in [1.807, 2.05) is 0 Å². The number of rotatable bonds is 21. The van der Waals surface area contributed by atoms with Crippen LogP contribution in [0.2, 0.25) is 10.0 Å². The number of carbonyl (C=O) groups is 6. The maximum atomic E-state index is 13.6. The minimum atomic E-state index is -1.65.